The summed E-state index contributed by atoms with van der Waals surface area (Å²) in [6.07, 6.45) is 2.81. The summed E-state index contributed by atoms with van der Waals surface area (Å²) in [6, 6.07) is -0.0640. The SMILES string of the molecule is CNC(=O)CN(C)C(=O)C1CC(C)CCC1N. The summed E-state index contributed by atoms with van der Waals surface area (Å²) in [4.78, 5) is 24.9. The van der Waals surface area contributed by atoms with Gasteiger partial charge in [-0.05, 0) is 25.2 Å². The molecule has 0 radical (unpaired) electrons. The van der Waals surface area contributed by atoms with E-state index in [0.717, 1.165) is 19.3 Å². The minimum absolute atomic E-state index is 0.00681. The fraction of sp³-hybridized carbons (Fsp3) is 0.833. The molecule has 0 aliphatic heterocycles. The van der Waals surface area contributed by atoms with Crippen LogP contribution in [0.25, 0.3) is 0 Å². The Morgan fingerprint density at radius 3 is 2.65 bits per heavy atom. The molecule has 17 heavy (non-hydrogen) atoms. The number of hydrogen-bond donors (Lipinski definition) is 2. The van der Waals surface area contributed by atoms with E-state index in [1.807, 2.05) is 0 Å². The highest BCUT2D eigenvalue weighted by atomic mass is 16.2. The van der Waals surface area contributed by atoms with Gasteiger partial charge in [-0.2, -0.15) is 0 Å². The van der Waals surface area contributed by atoms with Gasteiger partial charge in [0.25, 0.3) is 0 Å². The van der Waals surface area contributed by atoms with Crippen LogP contribution in [0.2, 0.25) is 0 Å². The molecule has 3 unspecified atom stereocenters. The van der Waals surface area contributed by atoms with E-state index in [9.17, 15) is 9.59 Å². The average Bonchev–Trinajstić information content (AvgIpc) is 2.31. The molecule has 3 atom stereocenters. The second kappa shape index (κ2) is 6.00. The lowest BCUT2D eigenvalue weighted by Gasteiger charge is -2.33. The number of nitrogens with one attached hydrogen (secondary N) is 1. The van der Waals surface area contributed by atoms with Crippen LogP contribution < -0.4 is 11.1 Å². The number of carbonyl (C=O) groups is 2. The second-order valence-electron chi connectivity index (χ2n) is 5.06. The molecule has 5 nitrogen and oxygen atoms in total. The van der Waals surface area contributed by atoms with Crippen molar-refractivity contribution in [2.24, 2.45) is 17.6 Å². The fourth-order valence-corrected chi connectivity index (χ4v) is 2.34. The van der Waals surface area contributed by atoms with Crippen molar-refractivity contribution in [2.45, 2.75) is 32.2 Å². The minimum Gasteiger partial charge on any atom is -0.358 e. The van der Waals surface area contributed by atoms with Gasteiger partial charge in [-0.25, -0.2) is 0 Å². The highest BCUT2D eigenvalue weighted by Crippen LogP contribution is 2.28. The first-order chi connectivity index (χ1) is 7.95. The van der Waals surface area contributed by atoms with Crippen molar-refractivity contribution in [3.05, 3.63) is 0 Å². The van der Waals surface area contributed by atoms with Gasteiger partial charge in [0.1, 0.15) is 0 Å². The molecule has 3 N–H and O–H groups in total. The predicted octanol–water partition coefficient (Wildman–Crippen LogP) is -0.0457. The summed E-state index contributed by atoms with van der Waals surface area (Å²) < 4.78 is 0. The van der Waals surface area contributed by atoms with Crippen molar-refractivity contribution >= 4 is 11.8 Å². The minimum atomic E-state index is -0.154. The Morgan fingerprint density at radius 2 is 2.06 bits per heavy atom. The van der Waals surface area contributed by atoms with Crippen molar-refractivity contribution in [3.63, 3.8) is 0 Å². The van der Waals surface area contributed by atoms with E-state index in [4.69, 9.17) is 5.73 Å². The molecule has 1 rings (SSSR count). The zero-order valence-corrected chi connectivity index (χ0v) is 10.9. The summed E-state index contributed by atoms with van der Waals surface area (Å²) >= 11 is 0. The van der Waals surface area contributed by atoms with Crippen LogP contribution in [0.5, 0.6) is 0 Å². The van der Waals surface area contributed by atoms with E-state index in [1.54, 1.807) is 14.1 Å². The Labute approximate surface area is 103 Å². The molecule has 0 bridgehead atoms. The Kier molecular flexibility index (Phi) is 4.93. The first-order valence-electron chi connectivity index (χ1n) is 6.16. The summed E-state index contributed by atoms with van der Waals surface area (Å²) in [6.45, 7) is 2.25. The van der Waals surface area contributed by atoms with E-state index >= 15 is 0 Å². The maximum absolute atomic E-state index is 12.2. The zero-order chi connectivity index (χ0) is 13.0. The molecule has 0 aromatic rings. The first kappa shape index (κ1) is 14.0. The van der Waals surface area contributed by atoms with E-state index in [-0.39, 0.29) is 30.3 Å². The maximum Gasteiger partial charge on any atom is 0.239 e. The fourth-order valence-electron chi connectivity index (χ4n) is 2.34. The van der Waals surface area contributed by atoms with Gasteiger partial charge in [0.2, 0.25) is 11.8 Å². The Hall–Kier alpha value is -1.10. The topological polar surface area (TPSA) is 75.4 Å². The van der Waals surface area contributed by atoms with Crippen molar-refractivity contribution in [2.75, 3.05) is 20.6 Å². The Balaban J connectivity index is 2.58. The molecule has 1 saturated carbocycles. The smallest absolute Gasteiger partial charge is 0.239 e. The number of rotatable bonds is 3. The van der Waals surface area contributed by atoms with Crippen LogP contribution in [-0.2, 0) is 9.59 Å². The third kappa shape index (κ3) is 3.70. The number of nitrogens with two attached hydrogens (primary N) is 1. The lowest BCUT2D eigenvalue weighted by Crippen LogP contribution is -2.47. The van der Waals surface area contributed by atoms with Crippen LogP contribution in [0.4, 0.5) is 0 Å². The van der Waals surface area contributed by atoms with E-state index in [0.29, 0.717) is 5.92 Å². The molecule has 1 aliphatic rings. The quantitative estimate of drug-likeness (QED) is 0.727. The molecule has 2 amide bonds. The number of nitrogens with zero attached hydrogens (tertiary/aromatic N) is 1. The lowest BCUT2D eigenvalue weighted by atomic mass is 9.78. The van der Waals surface area contributed by atoms with Crippen molar-refractivity contribution in [1.82, 2.24) is 10.2 Å². The van der Waals surface area contributed by atoms with E-state index < -0.39 is 0 Å². The molecular formula is C12H23N3O2. The molecule has 0 aromatic carbocycles. The van der Waals surface area contributed by atoms with Crippen molar-refractivity contribution in [1.29, 1.82) is 0 Å². The Morgan fingerprint density at radius 1 is 1.41 bits per heavy atom. The summed E-state index contributed by atoms with van der Waals surface area (Å²) in [5, 5.41) is 2.51. The summed E-state index contributed by atoms with van der Waals surface area (Å²) in [5.41, 5.74) is 6.00. The van der Waals surface area contributed by atoms with Crippen LogP contribution in [0.15, 0.2) is 0 Å². The largest absolute Gasteiger partial charge is 0.358 e. The molecule has 0 spiro atoms. The number of amides is 2. The monoisotopic (exact) mass is 241 g/mol. The molecule has 5 heteroatoms. The molecule has 1 fully saturated rings. The third-order valence-electron chi connectivity index (χ3n) is 3.52. The molecular weight excluding hydrogens is 218 g/mol. The van der Waals surface area contributed by atoms with Gasteiger partial charge in [-0.3, -0.25) is 9.59 Å². The molecule has 1 aliphatic carbocycles. The number of likely N-dealkylation sites (N-methyl/N-ethyl adjacent to an activating group) is 2. The van der Waals surface area contributed by atoms with Gasteiger partial charge < -0.3 is 16.0 Å². The molecule has 0 saturated heterocycles. The maximum atomic E-state index is 12.2. The zero-order valence-electron chi connectivity index (χ0n) is 10.9. The molecule has 0 aromatic heterocycles. The normalized spacial score (nSPS) is 28.6. The third-order valence-corrected chi connectivity index (χ3v) is 3.52. The van der Waals surface area contributed by atoms with Gasteiger partial charge in [0.05, 0.1) is 12.5 Å². The number of carbonyl (C=O) groups excluding carboxylic acids is 2. The van der Waals surface area contributed by atoms with Crippen LogP contribution in [0, 0.1) is 11.8 Å². The number of hydrogen-bond acceptors (Lipinski definition) is 3. The van der Waals surface area contributed by atoms with Gasteiger partial charge in [0, 0.05) is 20.1 Å². The Bertz CT molecular complexity index is 293. The van der Waals surface area contributed by atoms with Crippen LogP contribution >= 0.6 is 0 Å². The van der Waals surface area contributed by atoms with Gasteiger partial charge in [-0.1, -0.05) is 6.92 Å². The summed E-state index contributed by atoms with van der Waals surface area (Å²) in [5.74, 6) is 0.247. The van der Waals surface area contributed by atoms with Crippen LogP contribution in [-0.4, -0.2) is 43.4 Å². The summed E-state index contributed by atoms with van der Waals surface area (Å²) in [7, 11) is 3.22. The van der Waals surface area contributed by atoms with Crippen molar-refractivity contribution in [3.8, 4) is 0 Å². The molecule has 0 heterocycles. The van der Waals surface area contributed by atoms with Gasteiger partial charge >= 0.3 is 0 Å². The first-order valence-corrected chi connectivity index (χ1v) is 6.16. The average molecular weight is 241 g/mol. The molecule has 98 valence electrons. The highest BCUT2D eigenvalue weighted by molar-refractivity contribution is 5.86. The van der Waals surface area contributed by atoms with E-state index in [2.05, 4.69) is 12.2 Å². The highest BCUT2D eigenvalue weighted by Gasteiger charge is 2.33. The second-order valence-corrected chi connectivity index (χ2v) is 5.06. The van der Waals surface area contributed by atoms with E-state index in [1.165, 1.54) is 4.90 Å². The lowest BCUT2D eigenvalue weighted by molar-refractivity contribution is -0.139. The van der Waals surface area contributed by atoms with Crippen LogP contribution in [0.1, 0.15) is 26.2 Å². The van der Waals surface area contributed by atoms with Crippen molar-refractivity contribution < 1.29 is 9.59 Å². The standard InChI is InChI=1S/C12H23N3O2/c1-8-4-5-10(13)9(6-8)12(17)15(3)7-11(16)14-2/h8-10H,4-7,13H2,1-3H3,(H,14,16). The van der Waals surface area contributed by atoms with Gasteiger partial charge in [0.15, 0.2) is 0 Å². The predicted molar refractivity (Wildman–Crippen MR) is 66.2 cm³/mol. The van der Waals surface area contributed by atoms with Crippen LogP contribution in [0.3, 0.4) is 0 Å². The van der Waals surface area contributed by atoms with Gasteiger partial charge in [-0.15, -0.1) is 0 Å².